The molecule has 0 bridgehead atoms. The van der Waals surface area contributed by atoms with E-state index in [0.29, 0.717) is 6.04 Å². The molecule has 1 fully saturated rings. The van der Waals surface area contributed by atoms with E-state index in [9.17, 15) is 4.79 Å². The first kappa shape index (κ1) is 14.4. The summed E-state index contributed by atoms with van der Waals surface area (Å²) in [6, 6.07) is 0.442. The largest absolute Gasteiger partial charge is 0.383 e. The minimum absolute atomic E-state index is 0.176. The van der Waals surface area contributed by atoms with Crippen molar-refractivity contribution in [2.75, 3.05) is 46.4 Å². The molecule has 1 aliphatic rings. The van der Waals surface area contributed by atoms with Crippen molar-refractivity contribution in [1.29, 1.82) is 0 Å². The molecule has 5 heteroatoms. The molecule has 0 aliphatic carbocycles. The Bertz CT molecular complexity index is 228. The van der Waals surface area contributed by atoms with Gasteiger partial charge in [-0.2, -0.15) is 0 Å². The van der Waals surface area contributed by atoms with E-state index < -0.39 is 0 Å². The van der Waals surface area contributed by atoms with Gasteiger partial charge in [0.25, 0.3) is 0 Å². The molecule has 1 saturated heterocycles. The Morgan fingerprint density at radius 3 is 2.47 bits per heavy atom. The highest BCUT2D eigenvalue weighted by atomic mass is 16.5. The maximum atomic E-state index is 11.2. The zero-order chi connectivity index (χ0) is 12.7. The number of rotatable bonds is 6. The van der Waals surface area contributed by atoms with Gasteiger partial charge in [0.15, 0.2) is 0 Å². The zero-order valence-corrected chi connectivity index (χ0v) is 11.0. The maximum Gasteiger partial charge on any atom is 0.219 e. The smallest absolute Gasteiger partial charge is 0.219 e. The number of piperazine rings is 1. The number of ether oxygens (including phenoxy) is 1. The Balaban J connectivity index is 2.39. The first-order valence-electron chi connectivity index (χ1n) is 6.37. The number of carbonyl (C=O) groups excluding carboxylic acids is 1. The maximum absolute atomic E-state index is 11.2. The second kappa shape index (κ2) is 7.63. The van der Waals surface area contributed by atoms with Crippen LogP contribution >= 0.6 is 0 Å². The second-order valence-electron chi connectivity index (χ2n) is 4.58. The molecule has 1 heterocycles. The van der Waals surface area contributed by atoms with Crippen molar-refractivity contribution in [3.8, 4) is 0 Å². The van der Waals surface area contributed by atoms with E-state index >= 15 is 0 Å². The lowest BCUT2D eigenvalue weighted by Gasteiger charge is -2.38. The fourth-order valence-electron chi connectivity index (χ4n) is 2.32. The quantitative estimate of drug-likeness (QED) is 0.708. The van der Waals surface area contributed by atoms with Crippen molar-refractivity contribution in [2.45, 2.75) is 25.8 Å². The van der Waals surface area contributed by atoms with Gasteiger partial charge < -0.3 is 15.4 Å². The predicted molar refractivity (Wildman–Crippen MR) is 67.8 cm³/mol. The summed E-state index contributed by atoms with van der Waals surface area (Å²) < 4.78 is 5.27. The molecule has 1 unspecified atom stereocenters. The van der Waals surface area contributed by atoms with Crippen molar-refractivity contribution in [3.05, 3.63) is 0 Å². The molecule has 0 aromatic rings. The highest BCUT2D eigenvalue weighted by Crippen LogP contribution is 2.11. The van der Waals surface area contributed by atoms with E-state index in [-0.39, 0.29) is 5.91 Å². The summed E-state index contributed by atoms with van der Waals surface area (Å²) in [6.07, 6.45) is 2.10. The topological polar surface area (TPSA) is 58.8 Å². The number of carbonyl (C=O) groups is 1. The summed E-state index contributed by atoms with van der Waals surface area (Å²) in [5, 5.41) is 0. The van der Waals surface area contributed by atoms with Crippen LogP contribution in [0.15, 0.2) is 0 Å². The molecule has 0 saturated carbocycles. The van der Waals surface area contributed by atoms with Gasteiger partial charge in [-0.15, -0.1) is 0 Å². The first-order chi connectivity index (χ1) is 8.19. The van der Waals surface area contributed by atoms with Crippen molar-refractivity contribution in [3.63, 3.8) is 0 Å². The van der Waals surface area contributed by atoms with Crippen LogP contribution < -0.4 is 5.73 Å². The summed E-state index contributed by atoms with van der Waals surface area (Å²) in [5.74, 6) is 0.176. The number of hydrogen-bond acceptors (Lipinski definition) is 4. The standard InChI is InChI=1S/C12H25N3O2/c1-11(16)14-6-8-15(9-7-14)12(10-17-2)4-3-5-13/h12H,3-10,13H2,1-2H3. The number of nitrogens with zero attached hydrogens (tertiary/aromatic N) is 2. The van der Waals surface area contributed by atoms with Crippen molar-refractivity contribution in [2.24, 2.45) is 5.73 Å². The summed E-state index contributed by atoms with van der Waals surface area (Å²) >= 11 is 0. The number of amides is 1. The molecule has 100 valence electrons. The Kier molecular flexibility index (Phi) is 6.47. The van der Waals surface area contributed by atoms with Gasteiger partial charge in [0.2, 0.25) is 5.91 Å². The number of hydrogen-bond donors (Lipinski definition) is 1. The molecule has 1 amide bonds. The fourth-order valence-corrected chi connectivity index (χ4v) is 2.32. The monoisotopic (exact) mass is 243 g/mol. The molecular formula is C12H25N3O2. The highest BCUT2D eigenvalue weighted by molar-refractivity contribution is 5.73. The molecule has 0 aromatic carbocycles. The fraction of sp³-hybridized carbons (Fsp3) is 0.917. The summed E-state index contributed by atoms with van der Waals surface area (Å²) in [7, 11) is 1.74. The summed E-state index contributed by atoms with van der Waals surface area (Å²) in [5.41, 5.74) is 5.55. The average Bonchev–Trinajstić information content (AvgIpc) is 2.34. The van der Waals surface area contributed by atoms with E-state index in [2.05, 4.69) is 4.90 Å². The third-order valence-electron chi connectivity index (χ3n) is 3.38. The van der Waals surface area contributed by atoms with Crippen LogP contribution in [0.2, 0.25) is 0 Å². The van der Waals surface area contributed by atoms with Crippen molar-refractivity contribution < 1.29 is 9.53 Å². The van der Waals surface area contributed by atoms with Gasteiger partial charge in [-0.05, 0) is 19.4 Å². The summed E-state index contributed by atoms with van der Waals surface area (Å²) in [4.78, 5) is 15.6. The zero-order valence-electron chi connectivity index (χ0n) is 11.0. The van der Waals surface area contributed by atoms with Gasteiger partial charge >= 0.3 is 0 Å². The Morgan fingerprint density at radius 2 is 2.00 bits per heavy atom. The molecule has 5 nitrogen and oxygen atoms in total. The van der Waals surface area contributed by atoms with E-state index in [1.54, 1.807) is 14.0 Å². The normalized spacial score (nSPS) is 19.4. The predicted octanol–water partition coefficient (Wildman–Crippen LogP) is -0.0956. The van der Waals surface area contributed by atoms with Gasteiger partial charge in [-0.1, -0.05) is 0 Å². The van der Waals surface area contributed by atoms with E-state index in [1.807, 2.05) is 4.90 Å². The lowest BCUT2D eigenvalue weighted by Crippen LogP contribution is -2.52. The van der Waals surface area contributed by atoms with Crippen molar-refractivity contribution in [1.82, 2.24) is 9.80 Å². The highest BCUT2D eigenvalue weighted by Gasteiger charge is 2.24. The third-order valence-corrected chi connectivity index (χ3v) is 3.38. The number of methoxy groups -OCH3 is 1. The minimum Gasteiger partial charge on any atom is -0.383 e. The first-order valence-corrected chi connectivity index (χ1v) is 6.37. The number of nitrogens with two attached hydrogens (primary N) is 1. The van der Waals surface area contributed by atoms with Gasteiger partial charge in [0.05, 0.1) is 6.61 Å². The Labute approximate surface area is 104 Å². The summed E-state index contributed by atoms with van der Waals surface area (Å²) in [6.45, 7) is 6.66. The Morgan fingerprint density at radius 1 is 1.35 bits per heavy atom. The second-order valence-corrected chi connectivity index (χ2v) is 4.58. The molecule has 17 heavy (non-hydrogen) atoms. The minimum atomic E-state index is 0.176. The molecule has 0 aromatic heterocycles. The van der Waals surface area contributed by atoms with Crippen LogP contribution in [0, 0.1) is 0 Å². The third kappa shape index (κ3) is 4.61. The molecule has 1 aliphatic heterocycles. The molecule has 1 atom stereocenters. The average molecular weight is 243 g/mol. The molecule has 0 radical (unpaired) electrons. The SMILES string of the molecule is COCC(CCCN)N1CCN(C(C)=O)CC1. The van der Waals surface area contributed by atoms with Crippen LogP contribution in [0.5, 0.6) is 0 Å². The van der Waals surface area contributed by atoms with E-state index in [0.717, 1.165) is 52.2 Å². The van der Waals surface area contributed by atoms with Gasteiger partial charge in [0.1, 0.15) is 0 Å². The van der Waals surface area contributed by atoms with Crippen LogP contribution in [0.25, 0.3) is 0 Å². The van der Waals surface area contributed by atoms with Gasteiger partial charge in [0, 0.05) is 46.3 Å². The molecule has 1 rings (SSSR count). The molecule has 0 spiro atoms. The van der Waals surface area contributed by atoms with Crippen LogP contribution in [0.3, 0.4) is 0 Å². The lowest BCUT2D eigenvalue weighted by molar-refractivity contribution is -0.131. The van der Waals surface area contributed by atoms with Crippen LogP contribution in [-0.4, -0.2) is 68.2 Å². The van der Waals surface area contributed by atoms with Crippen molar-refractivity contribution >= 4 is 5.91 Å². The van der Waals surface area contributed by atoms with E-state index in [4.69, 9.17) is 10.5 Å². The van der Waals surface area contributed by atoms with Crippen LogP contribution in [0.1, 0.15) is 19.8 Å². The molecular weight excluding hydrogens is 218 g/mol. The van der Waals surface area contributed by atoms with Crippen LogP contribution in [0.4, 0.5) is 0 Å². The molecule has 2 N–H and O–H groups in total. The van der Waals surface area contributed by atoms with Gasteiger partial charge in [-0.25, -0.2) is 0 Å². The van der Waals surface area contributed by atoms with E-state index in [1.165, 1.54) is 0 Å². The lowest BCUT2D eigenvalue weighted by atomic mass is 10.1. The van der Waals surface area contributed by atoms with Crippen LogP contribution in [-0.2, 0) is 9.53 Å². The van der Waals surface area contributed by atoms with Gasteiger partial charge in [-0.3, -0.25) is 9.69 Å². The Hall–Kier alpha value is -0.650.